The summed E-state index contributed by atoms with van der Waals surface area (Å²) >= 11 is 0. The van der Waals surface area contributed by atoms with Crippen LogP contribution in [-0.4, -0.2) is 62.8 Å². The number of ether oxygens (including phenoxy) is 1. The molecule has 2 rings (SSSR count). The Morgan fingerprint density at radius 3 is 2.64 bits per heavy atom. The summed E-state index contributed by atoms with van der Waals surface area (Å²) in [6.45, 7) is 3.93. The van der Waals surface area contributed by atoms with Crippen LogP contribution in [0.1, 0.15) is 0 Å². The van der Waals surface area contributed by atoms with Crippen LogP contribution in [0.15, 0.2) is 0 Å². The first kappa shape index (κ1) is 9.89. The van der Waals surface area contributed by atoms with Gasteiger partial charge >= 0.3 is 0 Å². The Hall–Kier alpha value is -0.650. The van der Waals surface area contributed by atoms with Crippen molar-refractivity contribution in [3.8, 4) is 0 Å². The number of rotatable bonds is 2. The van der Waals surface area contributed by atoms with Crippen molar-refractivity contribution < 1.29 is 9.53 Å². The minimum absolute atomic E-state index is 0.101. The van der Waals surface area contributed by atoms with Crippen molar-refractivity contribution in [1.29, 1.82) is 0 Å². The summed E-state index contributed by atoms with van der Waals surface area (Å²) in [6, 6.07) is 0.355. The Morgan fingerprint density at radius 1 is 1.36 bits per heavy atom. The molecule has 0 aromatic rings. The summed E-state index contributed by atoms with van der Waals surface area (Å²) in [5.74, 6) is 0.101. The van der Waals surface area contributed by atoms with Crippen LogP contribution in [0.25, 0.3) is 0 Å². The van der Waals surface area contributed by atoms with Crippen LogP contribution in [0.5, 0.6) is 0 Å². The predicted octanol–water partition coefficient (Wildman–Crippen LogP) is -1.59. The largest absolute Gasteiger partial charge is 0.366 e. The van der Waals surface area contributed by atoms with Gasteiger partial charge in [-0.25, -0.2) is 0 Å². The fourth-order valence-corrected chi connectivity index (χ4v) is 1.68. The number of carbonyl (C=O) groups excluding carboxylic acids is 1. The molecule has 1 unspecified atom stereocenters. The molecule has 0 radical (unpaired) electrons. The van der Waals surface area contributed by atoms with Gasteiger partial charge in [-0.1, -0.05) is 0 Å². The minimum atomic E-state index is -0.283. The highest BCUT2D eigenvalue weighted by molar-refractivity contribution is 5.81. The lowest BCUT2D eigenvalue weighted by molar-refractivity contribution is -0.146. The Labute approximate surface area is 83.8 Å². The third-order valence-corrected chi connectivity index (χ3v) is 2.86. The molecule has 0 spiro atoms. The van der Waals surface area contributed by atoms with Crippen molar-refractivity contribution in [2.45, 2.75) is 12.1 Å². The van der Waals surface area contributed by atoms with Crippen LogP contribution >= 0.6 is 0 Å². The van der Waals surface area contributed by atoms with Gasteiger partial charge in [0.15, 0.2) is 0 Å². The molecule has 14 heavy (non-hydrogen) atoms. The first-order chi connectivity index (χ1) is 6.79. The summed E-state index contributed by atoms with van der Waals surface area (Å²) in [4.78, 5) is 13.7. The SMILES string of the molecule is CN(C(=O)C1CNCCO1)C1CNC1. The van der Waals surface area contributed by atoms with E-state index in [2.05, 4.69) is 10.6 Å². The third kappa shape index (κ3) is 1.89. The van der Waals surface area contributed by atoms with E-state index < -0.39 is 0 Å². The van der Waals surface area contributed by atoms with E-state index >= 15 is 0 Å². The van der Waals surface area contributed by atoms with Crippen LogP contribution in [-0.2, 0) is 9.53 Å². The molecule has 2 aliphatic rings. The average Bonchev–Trinajstić information content (AvgIpc) is 2.15. The Balaban J connectivity index is 1.85. The number of morpholine rings is 1. The predicted molar refractivity (Wildman–Crippen MR) is 52.0 cm³/mol. The van der Waals surface area contributed by atoms with Gasteiger partial charge < -0.3 is 20.3 Å². The van der Waals surface area contributed by atoms with E-state index in [1.807, 2.05) is 7.05 Å². The van der Waals surface area contributed by atoms with E-state index in [0.29, 0.717) is 19.2 Å². The third-order valence-electron chi connectivity index (χ3n) is 2.86. The highest BCUT2D eigenvalue weighted by Crippen LogP contribution is 2.07. The first-order valence-electron chi connectivity index (χ1n) is 5.09. The molecule has 5 heteroatoms. The van der Waals surface area contributed by atoms with Crippen LogP contribution in [0, 0.1) is 0 Å². The second-order valence-electron chi connectivity index (χ2n) is 3.82. The van der Waals surface area contributed by atoms with Gasteiger partial charge in [0, 0.05) is 33.2 Å². The van der Waals surface area contributed by atoms with Crippen LogP contribution in [0.3, 0.4) is 0 Å². The van der Waals surface area contributed by atoms with Crippen molar-refractivity contribution in [1.82, 2.24) is 15.5 Å². The van der Waals surface area contributed by atoms with E-state index in [1.54, 1.807) is 4.90 Å². The van der Waals surface area contributed by atoms with Gasteiger partial charge in [-0.2, -0.15) is 0 Å². The van der Waals surface area contributed by atoms with Crippen molar-refractivity contribution in [3.63, 3.8) is 0 Å². The molecule has 2 heterocycles. The number of nitrogens with zero attached hydrogens (tertiary/aromatic N) is 1. The number of hydrogen-bond donors (Lipinski definition) is 2. The molecular weight excluding hydrogens is 182 g/mol. The molecule has 5 nitrogen and oxygen atoms in total. The Kier molecular flexibility index (Phi) is 3.00. The van der Waals surface area contributed by atoms with Crippen molar-refractivity contribution in [3.05, 3.63) is 0 Å². The summed E-state index contributed by atoms with van der Waals surface area (Å²) in [5, 5.41) is 6.31. The van der Waals surface area contributed by atoms with Crippen LogP contribution in [0.2, 0.25) is 0 Å². The lowest BCUT2D eigenvalue weighted by atomic mass is 10.1. The fraction of sp³-hybridized carbons (Fsp3) is 0.889. The zero-order chi connectivity index (χ0) is 9.97. The smallest absolute Gasteiger partial charge is 0.253 e. The fourth-order valence-electron chi connectivity index (χ4n) is 1.68. The van der Waals surface area contributed by atoms with Crippen molar-refractivity contribution in [2.24, 2.45) is 0 Å². The van der Waals surface area contributed by atoms with Crippen LogP contribution in [0.4, 0.5) is 0 Å². The lowest BCUT2D eigenvalue weighted by Crippen LogP contribution is -2.60. The van der Waals surface area contributed by atoms with Crippen molar-refractivity contribution in [2.75, 3.05) is 39.8 Å². The van der Waals surface area contributed by atoms with Gasteiger partial charge in [0.25, 0.3) is 5.91 Å². The second kappa shape index (κ2) is 4.25. The second-order valence-corrected chi connectivity index (χ2v) is 3.82. The standard InChI is InChI=1S/C9H17N3O2/c1-12(7-4-11-5-7)9(13)8-6-10-2-3-14-8/h7-8,10-11H,2-6H2,1H3. The Bertz CT molecular complexity index is 208. The highest BCUT2D eigenvalue weighted by Gasteiger charge is 2.31. The maximum atomic E-state index is 11.9. The molecule has 2 aliphatic heterocycles. The molecule has 80 valence electrons. The normalized spacial score (nSPS) is 28.2. The molecule has 1 atom stereocenters. The van der Waals surface area contributed by atoms with E-state index in [1.165, 1.54) is 0 Å². The summed E-state index contributed by atoms with van der Waals surface area (Å²) in [7, 11) is 1.85. The summed E-state index contributed by atoms with van der Waals surface area (Å²) < 4.78 is 5.41. The van der Waals surface area contributed by atoms with Gasteiger partial charge in [0.1, 0.15) is 6.10 Å². The monoisotopic (exact) mass is 199 g/mol. The molecule has 2 saturated heterocycles. The molecule has 0 aromatic heterocycles. The quantitative estimate of drug-likeness (QED) is 0.563. The van der Waals surface area contributed by atoms with Crippen molar-refractivity contribution >= 4 is 5.91 Å². The maximum Gasteiger partial charge on any atom is 0.253 e. The van der Waals surface area contributed by atoms with E-state index in [0.717, 1.165) is 19.6 Å². The Morgan fingerprint density at radius 2 is 2.14 bits per heavy atom. The van der Waals surface area contributed by atoms with Gasteiger partial charge in [-0.15, -0.1) is 0 Å². The lowest BCUT2D eigenvalue weighted by Gasteiger charge is -2.38. The number of hydrogen-bond acceptors (Lipinski definition) is 4. The maximum absolute atomic E-state index is 11.9. The minimum Gasteiger partial charge on any atom is -0.366 e. The number of carbonyl (C=O) groups is 1. The van der Waals surface area contributed by atoms with E-state index in [-0.39, 0.29) is 12.0 Å². The van der Waals surface area contributed by atoms with Gasteiger partial charge in [0.05, 0.1) is 12.6 Å². The molecule has 0 bridgehead atoms. The molecule has 0 aromatic carbocycles. The van der Waals surface area contributed by atoms with E-state index in [4.69, 9.17) is 4.74 Å². The molecule has 0 aliphatic carbocycles. The summed E-state index contributed by atoms with van der Waals surface area (Å²) in [5.41, 5.74) is 0. The van der Waals surface area contributed by atoms with Gasteiger partial charge in [0.2, 0.25) is 0 Å². The zero-order valence-corrected chi connectivity index (χ0v) is 8.45. The highest BCUT2D eigenvalue weighted by atomic mass is 16.5. The van der Waals surface area contributed by atoms with E-state index in [9.17, 15) is 4.79 Å². The number of nitrogens with one attached hydrogen (secondary N) is 2. The molecule has 1 amide bonds. The molecule has 2 N–H and O–H groups in total. The molecular formula is C9H17N3O2. The van der Waals surface area contributed by atoms with Gasteiger partial charge in [-0.3, -0.25) is 4.79 Å². The number of likely N-dealkylation sites (N-methyl/N-ethyl adjacent to an activating group) is 1. The average molecular weight is 199 g/mol. The van der Waals surface area contributed by atoms with Gasteiger partial charge in [-0.05, 0) is 0 Å². The van der Waals surface area contributed by atoms with Crippen LogP contribution < -0.4 is 10.6 Å². The topological polar surface area (TPSA) is 53.6 Å². The molecule has 0 saturated carbocycles. The number of amides is 1. The first-order valence-corrected chi connectivity index (χ1v) is 5.09. The zero-order valence-electron chi connectivity index (χ0n) is 8.45. The summed E-state index contributed by atoms with van der Waals surface area (Å²) in [6.07, 6.45) is -0.283. The molecule has 2 fully saturated rings.